The van der Waals surface area contributed by atoms with E-state index in [1.807, 2.05) is 42.5 Å². The van der Waals surface area contributed by atoms with Gasteiger partial charge in [-0.25, -0.2) is 9.97 Å². The number of aromatic nitrogens is 4. The molecule has 0 bridgehead atoms. The number of aromatic amines is 2. The number of nitrogens with zero attached hydrogens (tertiary/aromatic N) is 2. The molecule has 0 aliphatic rings. The molecule has 2 heterocycles. The fraction of sp³-hybridized carbons (Fsp3) is 0.118. The number of nitrogens with one attached hydrogen (secondary N) is 3. The lowest BCUT2D eigenvalue weighted by molar-refractivity contribution is -0.120. The number of carbonyl (C=O) groups excluding carboxylic acids is 1. The molecule has 114 valence electrons. The third kappa shape index (κ3) is 2.78. The van der Waals surface area contributed by atoms with Crippen LogP contribution in [0.3, 0.4) is 0 Å². The highest BCUT2D eigenvalue weighted by molar-refractivity contribution is 5.81. The summed E-state index contributed by atoms with van der Waals surface area (Å²) in [5.74, 6) is 0.716. The van der Waals surface area contributed by atoms with Gasteiger partial charge in [0, 0.05) is 0 Å². The summed E-state index contributed by atoms with van der Waals surface area (Å²) in [7, 11) is 0. The fourth-order valence-electron chi connectivity index (χ4n) is 2.61. The minimum atomic E-state index is -0.0377. The molecule has 4 aromatic rings. The molecular weight excluding hydrogens is 290 g/mol. The largest absolute Gasteiger partial charge is 0.349 e. The van der Waals surface area contributed by atoms with Crippen molar-refractivity contribution < 1.29 is 4.79 Å². The molecule has 1 amide bonds. The number of hydrogen-bond donors (Lipinski definition) is 3. The van der Waals surface area contributed by atoms with Gasteiger partial charge in [-0.1, -0.05) is 18.2 Å². The second kappa shape index (κ2) is 5.57. The van der Waals surface area contributed by atoms with Gasteiger partial charge in [-0.05, 0) is 29.8 Å². The Labute approximate surface area is 132 Å². The van der Waals surface area contributed by atoms with Gasteiger partial charge < -0.3 is 15.3 Å². The lowest BCUT2D eigenvalue weighted by Gasteiger charge is -2.03. The fourth-order valence-corrected chi connectivity index (χ4v) is 2.61. The van der Waals surface area contributed by atoms with E-state index < -0.39 is 0 Å². The van der Waals surface area contributed by atoms with E-state index >= 15 is 0 Å². The molecule has 0 aliphatic carbocycles. The molecule has 0 atom stereocenters. The van der Waals surface area contributed by atoms with Crippen LogP contribution in [-0.2, 0) is 17.8 Å². The van der Waals surface area contributed by atoms with Gasteiger partial charge in [0.25, 0.3) is 0 Å². The van der Waals surface area contributed by atoms with E-state index in [1.165, 1.54) is 0 Å². The number of para-hydroxylation sites is 2. The first-order valence-electron chi connectivity index (χ1n) is 7.40. The van der Waals surface area contributed by atoms with Gasteiger partial charge in [0.15, 0.2) is 0 Å². The van der Waals surface area contributed by atoms with Gasteiger partial charge >= 0.3 is 0 Å². The normalized spacial score (nSPS) is 11.1. The first-order valence-corrected chi connectivity index (χ1v) is 7.40. The van der Waals surface area contributed by atoms with Crippen LogP contribution in [0.5, 0.6) is 0 Å². The average molecular weight is 305 g/mol. The summed E-state index contributed by atoms with van der Waals surface area (Å²) in [6, 6.07) is 13.6. The molecule has 3 N–H and O–H groups in total. The van der Waals surface area contributed by atoms with Gasteiger partial charge in [-0.3, -0.25) is 4.79 Å². The van der Waals surface area contributed by atoms with Crippen molar-refractivity contribution in [3.05, 3.63) is 60.2 Å². The molecule has 0 aliphatic heterocycles. The van der Waals surface area contributed by atoms with Crippen LogP contribution in [0.4, 0.5) is 0 Å². The Morgan fingerprint density at radius 3 is 2.91 bits per heavy atom. The SMILES string of the molecule is O=C(Cc1ccc2nc[nH]c2c1)NCc1nc2ccccc2[nH]1. The van der Waals surface area contributed by atoms with Crippen molar-refractivity contribution in [2.75, 3.05) is 0 Å². The molecule has 0 saturated carbocycles. The number of carbonyl (C=O) groups is 1. The van der Waals surface area contributed by atoms with E-state index in [1.54, 1.807) is 6.33 Å². The Balaban J connectivity index is 1.41. The number of fused-ring (bicyclic) bond motifs is 2. The van der Waals surface area contributed by atoms with E-state index in [0.717, 1.165) is 33.5 Å². The Hall–Kier alpha value is -3.15. The monoisotopic (exact) mass is 305 g/mol. The minimum absolute atomic E-state index is 0.0377. The van der Waals surface area contributed by atoms with Crippen molar-refractivity contribution in [3.63, 3.8) is 0 Å². The highest BCUT2D eigenvalue weighted by Gasteiger charge is 2.07. The van der Waals surface area contributed by atoms with Crippen molar-refractivity contribution in [1.82, 2.24) is 25.3 Å². The summed E-state index contributed by atoms with van der Waals surface area (Å²) in [6.07, 6.45) is 1.98. The van der Waals surface area contributed by atoms with Crippen molar-refractivity contribution in [2.45, 2.75) is 13.0 Å². The maximum absolute atomic E-state index is 12.1. The number of hydrogen-bond acceptors (Lipinski definition) is 3. The number of rotatable bonds is 4. The van der Waals surface area contributed by atoms with Crippen molar-refractivity contribution in [1.29, 1.82) is 0 Å². The van der Waals surface area contributed by atoms with Gasteiger partial charge in [-0.15, -0.1) is 0 Å². The van der Waals surface area contributed by atoms with Gasteiger partial charge in [0.1, 0.15) is 5.82 Å². The summed E-state index contributed by atoms with van der Waals surface area (Å²) in [4.78, 5) is 27.0. The molecule has 4 rings (SSSR count). The number of amides is 1. The van der Waals surface area contributed by atoms with Crippen LogP contribution in [0.15, 0.2) is 48.8 Å². The summed E-state index contributed by atoms with van der Waals surface area (Å²) >= 11 is 0. The lowest BCUT2D eigenvalue weighted by Crippen LogP contribution is -2.25. The standard InChI is InChI=1S/C17H15N5O/c23-17(8-11-5-6-12-15(7-11)20-10-19-12)18-9-16-21-13-3-1-2-4-14(13)22-16/h1-7,10H,8-9H2,(H,18,23)(H,19,20)(H,21,22). The average Bonchev–Trinajstić information content (AvgIpc) is 3.18. The molecule has 6 heteroatoms. The molecule has 6 nitrogen and oxygen atoms in total. The topological polar surface area (TPSA) is 86.5 Å². The van der Waals surface area contributed by atoms with Crippen LogP contribution in [-0.4, -0.2) is 25.8 Å². The van der Waals surface area contributed by atoms with Crippen LogP contribution < -0.4 is 5.32 Å². The number of H-pyrrole nitrogens is 2. The highest BCUT2D eigenvalue weighted by Crippen LogP contribution is 2.12. The van der Waals surface area contributed by atoms with E-state index in [-0.39, 0.29) is 5.91 Å². The molecule has 0 fully saturated rings. The molecule has 0 radical (unpaired) electrons. The Kier molecular flexibility index (Phi) is 3.27. The molecule has 0 unspecified atom stereocenters. The predicted molar refractivity (Wildman–Crippen MR) is 87.7 cm³/mol. The van der Waals surface area contributed by atoms with Crippen LogP contribution >= 0.6 is 0 Å². The zero-order chi connectivity index (χ0) is 15.6. The van der Waals surface area contributed by atoms with Crippen LogP contribution in [0.2, 0.25) is 0 Å². The minimum Gasteiger partial charge on any atom is -0.349 e. The van der Waals surface area contributed by atoms with Gasteiger partial charge in [0.05, 0.1) is 41.4 Å². The molecule has 23 heavy (non-hydrogen) atoms. The van der Waals surface area contributed by atoms with E-state index in [9.17, 15) is 4.79 Å². The lowest BCUT2D eigenvalue weighted by atomic mass is 10.1. The highest BCUT2D eigenvalue weighted by atomic mass is 16.1. The van der Waals surface area contributed by atoms with Crippen LogP contribution in [0.25, 0.3) is 22.1 Å². The number of imidazole rings is 2. The van der Waals surface area contributed by atoms with Gasteiger partial charge in [-0.2, -0.15) is 0 Å². The Morgan fingerprint density at radius 2 is 2.00 bits per heavy atom. The number of benzene rings is 2. The van der Waals surface area contributed by atoms with Crippen LogP contribution in [0, 0.1) is 0 Å². The summed E-state index contributed by atoms with van der Waals surface area (Å²) in [5.41, 5.74) is 4.66. The van der Waals surface area contributed by atoms with Crippen molar-refractivity contribution in [3.8, 4) is 0 Å². The molecule has 0 spiro atoms. The van der Waals surface area contributed by atoms with Crippen molar-refractivity contribution in [2.24, 2.45) is 0 Å². The third-order valence-electron chi connectivity index (χ3n) is 3.74. The van der Waals surface area contributed by atoms with Crippen LogP contribution in [0.1, 0.15) is 11.4 Å². The zero-order valence-corrected chi connectivity index (χ0v) is 12.3. The van der Waals surface area contributed by atoms with Crippen molar-refractivity contribution >= 4 is 28.0 Å². The Morgan fingerprint density at radius 1 is 1.09 bits per heavy atom. The molecule has 2 aromatic carbocycles. The maximum Gasteiger partial charge on any atom is 0.224 e. The third-order valence-corrected chi connectivity index (χ3v) is 3.74. The second-order valence-corrected chi connectivity index (χ2v) is 5.41. The summed E-state index contributed by atoms with van der Waals surface area (Å²) < 4.78 is 0. The summed E-state index contributed by atoms with van der Waals surface area (Å²) in [6.45, 7) is 0.389. The zero-order valence-electron chi connectivity index (χ0n) is 12.3. The smallest absolute Gasteiger partial charge is 0.224 e. The van der Waals surface area contributed by atoms with E-state index in [0.29, 0.717) is 13.0 Å². The van der Waals surface area contributed by atoms with E-state index in [2.05, 4.69) is 25.3 Å². The second-order valence-electron chi connectivity index (χ2n) is 5.41. The van der Waals surface area contributed by atoms with Gasteiger partial charge in [0.2, 0.25) is 5.91 Å². The predicted octanol–water partition coefficient (Wildman–Crippen LogP) is 2.30. The Bertz CT molecular complexity index is 952. The quantitative estimate of drug-likeness (QED) is 0.540. The summed E-state index contributed by atoms with van der Waals surface area (Å²) in [5, 5.41) is 2.89. The molecule has 2 aromatic heterocycles. The molecular formula is C17H15N5O. The first-order chi connectivity index (χ1) is 11.3. The molecule has 0 saturated heterocycles. The maximum atomic E-state index is 12.1. The first kappa shape index (κ1) is 13.5. The van der Waals surface area contributed by atoms with E-state index in [4.69, 9.17) is 0 Å².